The molecule has 0 aliphatic carbocycles. The number of rotatable bonds is 6. The lowest BCUT2D eigenvalue weighted by molar-refractivity contribution is -0.180. The summed E-state index contributed by atoms with van der Waals surface area (Å²) in [5.41, 5.74) is 0.777. The molecule has 21 heavy (non-hydrogen) atoms. The fourth-order valence-electron chi connectivity index (χ4n) is 2.12. The van der Waals surface area contributed by atoms with Gasteiger partial charge >= 0.3 is 0 Å². The molecule has 0 spiro atoms. The molecule has 0 radical (unpaired) electrons. The van der Waals surface area contributed by atoms with Crippen molar-refractivity contribution in [3.8, 4) is 5.75 Å². The number of nitrogens with one attached hydrogen (secondary N) is 1. The summed E-state index contributed by atoms with van der Waals surface area (Å²) in [6.07, 6.45) is 1.06. The van der Waals surface area contributed by atoms with Gasteiger partial charge in [0.25, 0.3) is 0 Å². The first kappa shape index (κ1) is 16.2. The normalized spacial score (nSPS) is 16.9. The molecule has 1 N–H and O–H groups in total. The smallest absolute Gasteiger partial charge is 0.240 e. The third-order valence-corrected chi connectivity index (χ3v) is 4.70. The minimum absolute atomic E-state index is 0.228. The standard InChI is InChI=1S/C14H21NO5S/c1-11-10-12(4-5-13(11)18-2)21(16,17)15-7-6-14-19-8-3-9-20-14/h4-5,10,14-15H,3,6-9H2,1-2H3. The molecule has 0 unspecified atom stereocenters. The predicted molar refractivity (Wildman–Crippen MR) is 77.8 cm³/mol. The zero-order valence-electron chi connectivity index (χ0n) is 12.3. The molecule has 7 heteroatoms. The molecule has 1 aromatic carbocycles. The second kappa shape index (κ2) is 7.22. The van der Waals surface area contributed by atoms with Crippen molar-refractivity contribution in [2.24, 2.45) is 0 Å². The molecule has 1 aliphatic heterocycles. The van der Waals surface area contributed by atoms with Crippen molar-refractivity contribution in [1.29, 1.82) is 0 Å². The van der Waals surface area contributed by atoms with Crippen LogP contribution in [0.1, 0.15) is 18.4 Å². The fourth-order valence-corrected chi connectivity index (χ4v) is 3.25. The maximum atomic E-state index is 12.2. The fraction of sp³-hybridized carbons (Fsp3) is 0.571. The average molecular weight is 315 g/mol. The lowest BCUT2D eigenvalue weighted by Gasteiger charge is -2.23. The largest absolute Gasteiger partial charge is 0.496 e. The van der Waals surface area contributed by atoms with E-state index in [4.69, 9.17) is 14.2 Å². The SMILES string of the molecule is COc1ccc(S(=O)(=O)NCCC2OCCCO2)cc1C. The molecule has 0 atom stereocenters. The summed E-state index contributed by atoms with van der Waals surface area (Å²) in [5, 5.41) is 0. The lowest BCUT2D eigenvalue weighted by atomic mass is 10.2. The maximum Gasteiger partial charge on any atom is 0.240 e. The van der Waals surface area contributed by atoms with Crippen molar-refractivity contribution in [2.45, 2.75) is 31.0 Å². The third-order valence-electron chi connectivity index (χ3n) is 3.24. The molecule has 1 saturated heterocycles. The average Bonchev–Trinajstić information content (AvgIpc) is 2.48. The van der Waals surface area contributed by atoms with Gasteiger partial charge in [0.1, 0.15) is 5.75 Å². The van der Waals surface area contributed by atoms with Crippen LogP contribution in [-0.2, 0) is 19.5 Å². The van der Waals surface area contributed by atoms with Crippen molar-refractivity contribution in [1.82, 2.24) is 4.72 Å². The van der Waals surface area contributed by atoms with E-state index in [9.17, 15) is 8.42 Å². The van der Waals surface area contributed by atoms with Gasteiger partial charge in [0.05, 0.1) is 25.2 Å². The van der Waals surface area contributed by atoms with Crippen molar-refractivity contribution < 1.29 is 22.6 Å². The van der Waals surface area contributed by atoms with Crippen LogP contribution >= 0.6 is 0 Å². The van der Waals surface area contributed by atoms with Crippen molar-refractivity contribution in [3.63, 3.8) is 0 Å². The Morgan fingerprint density at radius 3 is 2.67 bits per heavy atom. The Hall–Kier alpha value is -1.15. The summed E-state index contributed by atoms with van der Waals surface area (Å²) in [4.78, 5) is 0.228. The number of benzene rings is 1. The van der Waals surface area contributed by atoms with Gasteiger partial charge in [0, 0.05) is 13.0 Å². The molecule has 118 valence electrons. The Morgan fingerprint density at radius 2 is 2.05 bits per heavy atom. The highest BCUT2D eigenvalue weighted by molar-refractivity contribution is 7.89. The van der Waals surface area contributed by atoms with E-state index in [0.29, 0.717) is 25.4 Å². The predicted octanol–water partition coefficient (Wildman–Crippen LogP) is 1.44. The van der Waals surface area contributed by atoms with Gasteiger partial charge in [-0.3, -0.25) is 0 Å². The number of hydrogen-bond donors (Lipinski definition) is 1. The highest BCUT2D eigenvalue weighted by Gasteiger charge is 2.18. The van der Waals surface area contributed by atoms with Gasteiger partial charge in [-0.05, 0) is 37.1 Å². The zero-order valence-corrected chi connectivity index (χ0v) is 13.1. The van der Waals surface area contributed by atoms with E-state index in [1.54, 1.807) is 19.2 Å². The summed E-state index contributed by atoms with van der Waals surface area (Å²) >= 11 is 0. The first-order valence-electron chi connectivity index (χ1n) is 6.90. The molecule has 0 aromatic heterocycles. The van der Waals surface area contributed by atoms with Crippen molar-refractivity contribution in [2.75, 3.05) is 26.9 Å². The van der Waals surface area contributed by atoms with Gasteiger partial charge in [0.15, 0.2) is 6.29 Å². The van der Waals surface area contributed by atoms with E-state index >= 15 is 0 Å². The van der Waals surface area contributed by atoms with Crippen LogP contribution in [0, 0.1) is 6.92 Å². The minimum Gasteiger partial charge on any atom is -0.496 e. The van der Waals surface area contributed by atoms with Crippen LogP contribution in [0.4, 0.5) is 0 Å². The van der Waals surface area contributed by atoms with Crippen molar-refractivity contribution >= 4 is 10.0 Å². The highest BCUT2D eigenvalue weighted by atomic mass is 32.2. The topological polar surface area (TPSA) is 73.9 Å². The number of methoxy groups -OCH3 is 1. The summed E-state index contributed by atoms with van der Waals surface area (Å²) < 4.78 is 42.8. The summed E-state index contributed by atoms with van der Waals surface area (Å²) in [6, 6.07) is 4.77. The molecule has 1 aromatic rings. The number of sulfonamides is 1. The molecule has 1 fully saturated rings. The van der Waals surface area contributed by atoms with Crippen LogP contribution in [0.3, 0.4) is 0 Å². The summed E-state index contributed by atoms with van der Waals surface area (Å²) in [6.45, 7) is 3.41. The first-order chi connectivity index (χ1) is 10.0. The van der Waals surface area contributed by atoms with Crippen LogP contribution in [0.15, 0.2) is 23.1 Å². The van der Waals surface area contributed by atoms with Gasteiger partial charge in [-0.1, -0.05) is 0 Å². The van der Waals surface area contributed by atoms with Crippen LogP contribution < -0.4 is 9.46 Å². The van der Waals surface area contributed by atoms with Gasteiger partial charge in [-0.2, -0.15) is 0 Å². The Labute approximate surface area is 125 Å². The number of aryl methyl sites for hydroxylation is 1. The van der Waals surface area contributed by atoms with E-state index < -0.39 is 10.0 Å². The molecular formula is C14H21NO5S. The van der Waals surface area contributed by atoms with Crippen LogP contribution in [-0.4, -0.2) is 41.6 Å². The second-order valence-corrected chi connectivity index (χ2v) is 6.61. The molecular weight excluding hydrogens is 294 g/mol. The van der Waals surface area contributed by atoms with Gasteiger partial charge in [-0.25, -0.2) is 13.1 Å². The van der Waals surface area contributed by atoms with E-state index in [-0.39, 0.29) is 17.7 Å². The van der Waals surface area contributed by atoms with E-state index in [1.807, 2.05) is 6.92 Å². The zero-order chi connectivity index (χ0) is 15.3. The van der Waals surface area contributed by atoms with E-state index in [0.717, 1.165) is 12.0 Å². The maximum absolute atomic E-state index is 12.2. The summed E-state index contributed by atoms with van der Waals surface area (Å²) in [5.74, 6) is 0.665. The molecule has 0 amide bonds. The molecule has 2 rings (SSSR count). The Kier molecular flexibility index (Phi) is 5.58. The van der Waals surface area contributed by atoms with Crippen LogP contribution in [0.5, 0.6) is 5.75 Å². The number of hydrogen-bond acceptors (Lipinski definition) is 5. The Bertz CT molecular complexity index is 567. The quantitative estimate of drug-likeness (QED) is 0.860. The van der Waals surface area contributed by atoms with Gasteiger partial charge < -0.3 is 14.2 Å². The van der Waals surface area contributed by atoms with Gasteiger partial charge in [-0.15, -0.1) is 0 Å². The molecule has 1 heterocycles. The van der Waals surface area contributed by atoms with E-state index in [1.165, 1.54) is 6.07 Å². The lowest BCUT2D eigenvalue weighted by Crippen LogP contribution is -2.31. The van der Waals surface area contributed by atoms with Crippen LogP contribution in [0.25, 0.3) is 0 Å². The molecule has 6 nitrogen and oxygen atoms in total. The molecule has 0 saturated carbocycles. The number of ether oxygens (including phenoxy) is 3. The van der Waals surface area contributed by atoms with Crippen LogP contribution in [0.2, 0.25) is 0 Å². The first-order valence-corrected chi connectivity index (χ1v) is 8.39. The Balaban J connectivity index is 1.93. The Morgan fingerprint density at radius 1 is 1.33 bits per heavy atom. The highest BCUT2D eigenvalue weighted by Crippen LogP contribution is 2.21. The second-order valence-electron chi connectivity index (χ2n) is 4.84. The third kappa shape index (κ3) is 4.41. The minimum atomic E-state index is -3.53. The monoisotopic (exact) mass is 315 g/mol. The molecule has 1 aliphatic rings. The summed E-state index contributed by atoms with van der Waals surface area (Å²) in [7, 11) is -1.97. The van der Waals surface area contributed by atoms with Gasteiger partial charge in [0.2, 0.25) is 10.0 Å². The van der Waals surface area contributed by atoms with Crippen molar-refractivity contribution in [3.05, 3.63) is 23.8 Å². The van der Waals surface area contributed by atoms with E-state index in [2.05, 4.69) is 4.72 Å². The molecule has 0 bridgehead atoms.